The summed E-state index contributed by atoms with van der Waals surface area (Å²) in [5.74, 6) is 3.51. The molecule has 4 heteroatoms. The van der Waals surface area contributed by atoms with Crippen LogP contribution in [0.25, 0.3) is 23.4 Å². The molecule has 2 heterocycles. The highest BCUT2D eigenvalue weighted by Gasteiger charge is 2.08. The normalized spacial score (nSPS) is 10.7. The summed E-state index contributed by atoms with van der Waals surface area (Å²) in [6.45, 7) is 1.21. The average Bonchev–Trinajstić information content (AvgIpc) is 3.09. The summed E-state index contributed by atoms with van der Waals surface area (Å²) in [7, 11) is 0. The molecule has 25 heavy (non-hydrogen) atoms. The van der Waals surface area contributed by atoms with Crippen LogP contribution in [0.4, 0.5) is 5.82 Å². The van der Waals surface area contributed by atoms with Crippen LogP contribution in [0.2, 0.25) is 0 Å². The third kappa shape index (κ3) is 4.17. The molecule has 0 saturated heterocycles. The van der Waals surface area contributed by atoms with Crippen molar-refractivity contribution >= 4 is 18.0 Å². The number of rotatable bonds is 6. The van der Waals surface area contributed by atoms with Crippen molar-refractivity contribution in [3.8, 4) is 23.6 Å². The standard InChI is InChI=1S/C21H20N4/c1-2-17-15-20(25-21(17)24-13-11-22)18-10-12-23-19(14-18)9-8-16-6-4-3-5-7-16/h1,3-10,12,14-15,24-25H,11,13,22H2/b9-8+. The number of pyridine rings is 1. The van der Waals surface area contributed by atoms with E-state index in [2.05, 4.69) is 33.3 Å². The second-order valence-electron chi connectivity index (χ2n) is 5.54. The van der Waals surface area contributed by atoms with Gasteiger partial charge in [-0.2, -0.15) is 0 Å². The van der Waals surface area contributed by atoms with E-state index in [9.17, 15) is 0 Å². The summed E-state index contributed by atoms with van der Waals surface area (Å²) in [4.78, 5) is 7.73. The summed E-state index contributed by atoms with van der Waals surface area (Å²) in [6, 6.07) is 16.1. The number of terminal acetylenes is 1. The zero-order valence-electron chi connectivity index (χ0n) is 13.9. The van der Waals surface area contributed by atoms with Crippen LogP contribution in [0.15, 0.2) is 54.7 Å². The van der Waals surface area contributed by atoms with Gasteiger partial charge in [0.15, 0.2) is 0 Å². The van der Waals surface area contributed by atoms with Crippen LogP contribution in [0, 0.1) is 12.3 Å². The molecule has 1 aromatic carbocycles. The van der Waals surface area contributed by atoms with E-state index < -0.39 is 0 Å². The Labute approximate surface area is 147 Å². The van der Waals surface area contributed by atoms with E-state index in [0.29, 0.717) is 13.1 Å². The monoisotopic (exact) mass is 328 g/mol. The lowest BCUT2D eigenvalue weighted by Crippen LogP contribution is -2.13. The number of H-pyrrole nitrogens is 1. The molecular weight excluding hydrogens is 308 g/mol. The fourth-order valence-electron chi connectivity index (χ4n) is 2.51. The number of anilines is 1. The van der Waals surface area contributed by atoms with E-state index >= 15 is 0 Å². The second-order valence-corrected chi connectivity index (χ2v) is 5.54. The molecule has 0 atom stereocenters. The maximum Gasteiger partial charge on any atom is 0.119 e. The van der Waals surface area contributed by atoms with Crippen LogP contribution in [-0.2, 0) is 0 Å². The minimum Gasteiger partial charge on any atom is -0.369 e. The summed E-state index contributed by atoms with van der Waals surface area (Å²) in [5, 5.41) is 3.21. The number of nitrogens with zero attached hydrogens (tertiary/aromatic N) is 1. The lowest BCUT2D eigenvalue weighted by atomic mass is 10.1. The Bertz CT molecular complexity index is 901. The summed E-state index contributed by atoms with van der Waals surface area (Å²) in [6.07, 6.45) is 11.4. The van der Waals surface area contributed by atoms with Crippen molar-refractivity contribution in [1.82, 2.24) is 9.97 Å². The van der Waals surface area contributed by atoms with Crippen LogP contribution >= 0.6 is 0 Å². The highest BCUT2D eigenvalue weighted by atomic mass is 15.0. The van der Waals surface area contributed by atoms with Crippen molar-refractivity contribution in [3.63, 3.8) is 0 Å². The van der Waals surface area contributed by atoms with Crippen molar-refractivity contribution in [3.05, 3.63) is 71.5 Å². The van der Waals surface area contributed by atoms with E-state index in [4.69, 9.17) is 12.2 Å². The third-order valence-corrected chi connectivity index (χ3v) is 3.76. The molecule has 4 nitrogen and oxygen atoms in total. The highest BCUT2D eigenvalue weighted by Crippen LogP contribution is 2.25. The summed E-state index contributed by atoms with van der Waals surface area (Å²) >= 11 is 0. The first-order valence-electron chi connectivity index (χ1n) is 8.13. The van der Waals surface area contributed by atoms with Gasteiger partial charge in [0, 0.05) is 30.5 Å². The molecule has 2 aromatic heterocycles. The first-order valence-corrected chi connectivity index (χ1v) is 8.13. The van der Waals surface area contributed by atoms with Crippen LogP contribution in [0.3, 0.4) is 0 Å². The second kappa shape index (κ2) is 8.00. The van der Waals surface area contributed by atoms with Crippen LogP contribution in [-0.4, -0.2) is 23.1 Å². The van der Waals surface area contributed by atoms with E-state index in [-0.39, 0.29) is 0 Å². The molecule has 0 unspecified atom stereocenters. The third-order valence-electron chi connectivity index (χ3n) is 3.76. The van der Waals surface area contributed by atoms with Crippen molar-refractivity contribution < 1.29 is 0 Å². The molecule has 3 rings (SSSR count). The van der Waals surface area contributed by atoms with Gasteiger partial charge in [-0.05, 0) is 29.8 Å². The number of nitrogens with one attached hydrogen (secondary N) is 2. The van der Waals surface area contributed by atoms with Gasteiger partial charge < -0.3 is 16.0 Å². The van der Waals surface area contributed by atoms with E-state index in [1.165, 1.54) is 0 Å². The van der Waals surface area contributed by atoms with Gasteiger partial charge in [-0.3, -0.25) is 4.98 Å². The van der Waals surface area contributed by atoms with Gasteiger partial charge in [-0.1, -0.05) is 42.3 Å². The maximum absolute atomic E-state index is 5.59. The summed E-state index contributed by atoms with van der Waals surface area (Å²) < 4.78 is 0. The van der Waals surface area contributed by atoms with Gasteiger partial charge in [-0.25, -0.2) is 0 Å². The van der Waals surface area contributed by atoms with E-state index in [0.717, 1.165) is 33.9 Å². The number of hydrogen-bond acceptors (Lipinski definition) is 3. The highest BCUT2D eigenvalue weighted by molar-refractivity contribution is 5.73. The van der Waals surface area contributed by atoms with Crippen molar-refractivity contribution in [1.29, 1.82) is 0 Å². The zero-order chi connectivity index (χ0) is 17.5. The molecule has 124 valence electrons. The van der Waals surface area contributed by atoms with Gasteiger partial charge in [0.25, 0.3) is 0 Å². The number of hydrogen-bond donors (Lipinski definition) is 3. The number of aromatic amines is 1. The van der Waals surface area contributed by atoms with Crippen LogP contribution in [0.1, 0.15) is 16.8 Å². The number of aromatic nitrogens is 2. The molecule has 0 amide bonds. The number of benzene rings is 1. The van der Waals surface area contributed by atoms with Gasteiger partial charge in [0.2, 0.25) is 0 Å². The van der Waals surface area contributed by atoms with E-state index in [1.54, 1.807) is 6.20 Å². The zero-order valence-corrected chi connectivity index (χ0v) is 13.9. The van der Waals surface area contributed by atoms with Crippen molar-refractivity contribution in [2.75, 3.05) is 18.4 Å². The fourth-order valence-corrected chi connectivity index (χ4v) is 2.51. The molecule has 0 saturated carbocycles. The Balaban J connectivity index is 1.85. The lowest BCUT2D eigenvalue weighted by molar-refractivity contribution is 1.01. The predicted molar refractivity (Wildman–Crippen MR) is 105 cm³/mol. The molecular formula is C21H20N4. The van der Waals surface area contributed by atoms with Gasteiger partial charge in [0.1, 0.15) is 5.82 Å². The topological polar surface area (TPSA) is 66.7 Å². The molecule has 0 aliphatic heterocycles. The van der Waals surface area contributed by atoms with Gasteiger partial charge in [-0.15, -0.1) is 6.42 Å². The molecule has 0 bridgehead atoms. The molecule has 3 aromatic rings. The van der Waals surface area contributed by atoms with Crippen LogP contribution < -0.4 is 11.1 Å². The Morgan fingerprint density at radius 3 is 2.76 bits per heavy atom. The quantitative estimate of drug-likeness (QED) is 0.606. The Kier molecular flexibility index (Phi) is 5.30. The number of nitrogens with two attached hydrogens (primary N) is 1. The van der Waals surface area contributed by atoms with Gasteiger partial charge in [0.05, 0.1) is 11.3 Å². The smallest absolute Gasteiger partial charge is 0.119 e. The lowest BCUT2D eigenvalue weighted by Gasteiger charge is -2.03. The Morgan fingerprint density at radius 1 is 1.16 bits per heavy atom. The van der Waals surface area contributed by atoms with Crippen molar-refractivity contribution in [2.24, 2.45) is 5.73 Å². The molecule has 0 aliphatic carbocycles. The largest absolute Gasteiger partial charge is 0.369 e. The maximum atomic E-state index is 5.59. The summed E-state index contributed by atoms with van der Waals surface area (Å²) in [5.41, 5.74) is 10.3. The fraction of sp³-hybridized carbons (Fsp3) is 0.0952. The minimum absolute atomic E-state index is 0.544. The van der Waals surface area contributed by atoms with E-state index in [1.807, 2.05) is 48.6 Å². The molecule has 0 fully saturated rings. The molecule has 0 radical (unpaired) electrons. The SMILES string of the molecule is C#Cc1cc(-c2ccnc(/C=C/c3ccccc3)c2)[nH]c1NCCN. The Hall–Kier alpha value is -3.29. The molecule has 4 N–H and O–H groups in total. The van der Waals surface area contributed by atoms with Gasteiger partial charge >= 0.3 is 0 Å². The minimum atomic E-state index is 0.544. The first-order chi connectivity index (χ1) is 12.3. The molecule has 0 aliphatic rings. The molecule has 0 spiro atoms. The van der Waals surface area contributed by atoms with Crippen molar-refractivity contribution in [2.45, 2.75) is 0 Å². The Morgan fingerprint density at radius 2 is 2.00 bits per heavy atom. The average molecular weight is 328 g/mol. The predicted octanol–water partition coefficient (Wildman–Crippen LogP) is 3.60. The van der Waals surface area contributed by atoms with Crippen LogP contribution in [0.5, 0.6) is 0 Å². The first kappa shape index (κ1) is 16.6.